The fraction of sp³-hybridized carbons (Fsp3) is 0.200. The number of aryl methyl sites for hydroxylation is 1. The van der Waals surface area contributed by atoms with Crippen LogP contribution in [0.25, 0.3) is 11.4 Å². The third-order valence-corrected chi connectivity index (χ3v) is 4.04. The molecule has 0 spiro atoms. The van der Waals surface area contributed by atoms with Crippen molar-refractivity contribution in [3.05, 3.63) is 72.2 Å². The molecule has 0 bridgehead atoms. The highest BCUT2D eigenvalue weighted by molar-refractivity contribution is 5.97. The van der Waals surface area contributed by atoms with Gasteiger partial charge in [-0.05, 0) is 42.8 Å². The summed E-state index contributed by atoms with van der Waals surface area (Å²) in [5.74, 6) is 0.477. The van der Waals surface area contributed by atoms with E-state index in [0.29, 0.717) is 11.4 Å². The number of ketones is 1. The molecule has 0 radical (unpaired) electrons. The Hall–Kier alpha value is -3.49. The lowest BCUT2D eigenvalue weighted by Crippen LogP contribution is -2.19. The predicted molar refractivity (Wildman–Crippen MR) is 102 cm³/mol. The van der Waals surface area contributed by atoms with Crippen molar-refractivity contribution in [2.75, 3.05) is 11.9 Å². The molecule has 1 N–H and O–H groups in total. The van der Waals surface area contributed by atoms with Gasteiger partial charge in [-0.3, -0.25) is 4.79 Å². The van der Waals surface area contributed by atoms with Crippen molar-refractivity contribution in [3.8, 4) is 11.4 Å². The van der Waals surface area contributed by atoms with Gasteiger partial charge in [-0.25, -0.2) is 14.6 Å². The van der Waals surface area contributed by atoms with E-state index in [4.69, 9.17) is 0 Å². The molecule has 3 aromatic rings. The number of carbonyl (C=O) groups excluding carboxylic acids is 1. The highest BCUT2D eigenvalue weighted by Crippen LogP contribution is 2.32. The zero-order valence-electron chi connectivity index (χ0n) is 15.6. The number of hydrogen-bond acceptors (Lipinski definition) is 5. The first kappa shape index (κ1) is 20.2. The minimum Gasteiger partial charge on any atom is -0.363 e. The molecular weight excluding hydrogens is 383 g/mol. The topological polar surface area (TPSA) is 72.7 Å². The van der Waals surface area contributed by atoms with Crippen molar-refractivity contribution in [2.45, 2.75) is 19.6 Å². The van der Waals surface area contributed by atoms with Gasteiger partial charge in [0, 0.05) is 17.3 Å². The molecule has 0 aliphatic heterocycles. The second-order valence-corrected chi connectivity index (χ2v) is 6.45. The Kier molecular flexibility index (Phi) is 5.76. The van der Waals surface area contributed by atoms with Crippen LogP contribution in [0.5, 0.6) is 0 Å². The van der Waals surface area contributed by atoms with Gasteiger partial charge in [-0.15, -0.1) is 0 Å². The highest BCUT2D eigenvalue weighted by Gasteiger charge is 2.31. The first-order valence-corrected chi connectivity index (χ1v) is 8.67. The van der Waals surface area contributed by atoms with Gasteiger partial charge in [0.05, 0.1) is 18.7 Å². The minimum atomic E-state index is -4.45. The summed E-state index contributed by atoms with van der Waals surface area (Å²) in [7, 11) is 0. The van der Waals surface area contributed by atoms with E-state index in [1.807, 2.05) is 0 Å². The third-order valence-electron chi connectivity index (χ3n) is 4.04. The molecule has 2 aromatic heterocycles. The molecule has 0 aliphatic rings. The van der Waals surface area contributed by atoms with Crippen LogP contribution in [0.4, 0.5) is 19.0 Å². The standard InChI is InChI=1S/C20H18F3N5O/c1-13-7-15(9-16(8-13)20(21,22)23)19-26-12-28(27-19)11-14(2)17(29)10-25-18-5-3-4-6-24-18/h3-9,12H,2,10-11H2,1H3,(H,24,25). The van der Waals surface area contributed by atoms with Gasteiger partial charge < -0.3 is 5.32 Å². The van der Waals surface area contributed by atoms with Crippen molar-refractivity contribution in [3.63, 3.8) is 0 Å². The van der Waals surface area contributed by atoms with Gasteiger partial charge in [0.1, 0.15) is 12.1 Å². The van der Waals surface area contributed by atoms with Crippen LogP contribution in [0.3, 0.4) is 0 Å². The molecule has 9 heteroatoms. The fourth-order valence-corrected chi connectivity index (χ4v) is 2.63. The van der Waals surface area contributed by atoms with Crippen LogP contribution >= 0.6 is 0 Å². The van der Waals surface area contributed by atoms with Crippen molar-refractivity contribution in [2.24, 2.45) is 0 Å². The Balaban J connectivity index is 1.66. The number of aromatic nitrogens is 4. The molecule has 3 rings (SSSR count). The van der Waals surface area contributed by atoms with Crippen molar-refractivity contribution < 1.29 is 18.0 Å². The van der Waals surface area contributed by atoms with Gasteiger partial charge in [0.15, 0.2) is 11.6 Å². The molecule has 0 atom stereocenters. The second-order valence-electron chi connectivity index (χ2n) is 6.45. The average molecular weight is 401 g/mol. The number of nitrogens with one attached hydrogen (secondary N) is 1. The number of alkyl halides is 3. The average Bonchev–Trinajstić information content (AvgIpc) is 3.14. The molecule has 0 amide bonds. The quantitative estimate of drug-likeness (QED) is 0.608. The summed E-state index contributed by atoms with van der Waals surface area (Å²) in [6, 6.07) is 8.93. The first-order valence-electron chi connectivity index (χ1n) is 8.67. The highest BCUT2D eigenvalue weighted by atomic mass is 19.4. The number of carbonyl (C=O) groups is 1. The fourth-order valence-electron chi connectivity index (χ4n) is 2.63. The lowest BCUT2D eigenvalue weighted by Gasteiger charge is -2.09. The van der Waals surface area contributed by atoms with E-state index < -0.39 is 11.7 Å². The number of halogens is 3. The van der Waals surface area contributed by atoms with E-state index in [1.54, 1.807) is 37.4 Å². The predicted octanol–water partition coefficient (Wildman–Crippen LogP) is 3.90. The van der Waals surface area contributed by atoms with Gasteiger partial charge in [-0.2, -0.15) is 18.3 Å². The van der Waals surface area contributed by atoms with Gasteiger partial charge >= 0.3 is 6.18 Å². The molecule has 2 heterocycles. The third kappa shape index (κ3) is 5.28. The number of pyridine rings is 1. The Morgan fingerprint density at radius 2 is 2.00 bits per heavy atom. The maximum Gasteiger partial charge on any atom is 0.416 e. The van der Waals surface area contributed by atoms with Crippen LogP contribution in [-0.4, -0.2) is 32.1 Å². The summed E-state index contributed by atoms with van der Waals surface area (Å²) < 4.78 is 40.4. The van der Waals surface area contributed by atoms with Gasteiger partial charge in [0.25, 0.3) is 0 Å². The summed E-state index contributed by atoms with van der Waals surface area (Å²) in [6.07, 6.45) is -1.49. The molecule has 150 valence electrons. The van der Waals surface area contributed by atoms with Crippen LogP contribution in [0, 0.1) is 6.92 Å². The summed E-state index contributed by atoms with van der Waals surface area (Å²) in [6.45, 7) is 5.43. The van der Waals surface area contributed by atoms with E-state index in [2.05, 4.69) is 27.0 Å². The lowest BCUT2D eigenvalue weighted by molar-refractivity contribution is -0.137. The molecular formula is C20H18F3N5O. The van der Waals surface area contributed by atoms with Crippen molar-refractivity contribution in [1.29, 1.82) is 0 Å². The van der Waals surface area contributed by atoms with Crippen LogP contribution in [-0.2, 0) is 17.5 Å². The van der Waals surface area contributed by atoms with Crippen LogP contribution in [0.1, 0.15) is 11.1 Å². The molecule has 0 saturated carbocycles. The Bertz CT molecular complexity index is 1030. The Morgan fingerprint density at radius 3 is 2.69 bits per heavy atom. The van der Waals surface area contributed by atoms with E-state index in [1.165, 1.54) is 11.0 Å². The Morgan fingerprint density at radius 1 is 1.21 bits per heavy atom. The maximum absolute atomic E-state index is 13.0. The summed E-state index contributed by atoms with van der Waals surface area (Å²) in [4.78, 5) is 20.3. The number of benzene rings is 1. The van der Waals surface area contributed by atoms with Crippen LogP contribution in [0.2, 0.25) is 0 Å². The number of anilines is 1. The van der Waals surface area contributed by atoms with Crippen molar-refractivity contribution in [1.82, 2.24) is 19.7 Å². The van der Waals surface area contributed by atoms with Gasteiger partial charge in [0.2, 0.25) is 0 Å². The van der Waals surface area contributed by atoms with E-state index in [0.717, 1.165) is 12.1 Å². The van der Waals surface area contributed by atoms with E-state index in [-0.39, 0.29) is 35.8 Å². The van der Waals surface area contributed by atoms with Gasteiger partial charge in [-0.1, -0.05) is 12.6 Å². The van der Waals surface area contributed by atoms with E-state index in [9.17, 15) is 18.0 Å². The lowest BCUT2D eigenvalue weighted by atomic mass is 10.1. The summed E-state index contributed by atoms with van der Waals surface area (Å²) in [5.41, 5.74) is 0.227. The Labute approximate surface area is 165 Å². The molecule has 0 fully saturated rings. The summed E-state index contributed by atoms with van der Waals surface area (Å²) in [5, 5.41) is 7.07. The normalized spacial score (nSPS) is 11.3. The number of nitrogens with zero attached hydrogens (tertiary/aromatic N) is 4. The molecule has 1 aromatic carbocycles. The molecule has 29 heavy (non-hydrogen) atoms. The zero-order valence-corrected chi connectivity index (χ0v) is 15.6. The maximum atomic E-state index is 13.0. The molecule has 0 unspecified atom stereocenters. The van der Waals surface area contributed by atoms with Crippen molar-refractivity contribution >= 4 is 11.6 Å². The van der Waals surface area contributed by atoms with Crippen LogP contribution in [0.15, 0.2) is 61.1 Å². The minimum absolute atomic E-state index is 0.0181. The summed E-state index contributed by atoms with van der Waals surface area (Å²) >= 11 is 0. The number of rotatable bonds is 7. The molecule has 6 nitrogen and oxygen atoms in total. The van der Waals surface area contributed by atoms with Crippen LogP contribution < -0.4 is 5.32 Å². The zero-order chi connectivity index (χ0) is 21.0. The smallest absolute Gasteiger partial charge is 0.363 e. The van der Waals surface area contributed by atoms with E-state index >= 15 is 0 Å². The first-order chi connectivity index (χ1) is 13.7. The monoisotopic (exact) mass is 401 g/mol. The molecule has 0 saturated heterocycles. The largest absolute Gasteiger partial charge is 0.416 e. The number of Topliss-reactive ketones (excluding diaryl/α,β-unsaturated/α-hetero) is 1. The molecule has 0 aliphatic carbocycles. The SMILES string of the molecule is C=C(Cn1cnc(-c2cc(C)cc(C(F)(F)F)c2)n1)C(=O)CNc1ccccn1. The second kappa shape index (κ2) is 8.26. The number of hydrogen-bond donors (Lipinski definition) is 1.